The highest BCUT2D eigenvalue weighted by atomic mass is 16.4. The van der Waals surface area contributed by atoms with Crippen molar-refractivity contribution in [3.05, 3.63) is 29.3 Å². The quantitative estimate of drug-likeness (QED) is 0.858. The van der Waals surface area contributed by atoms with Crippen LogP contribution in [-0.4, -0.2) is 40.9 Å². The summed E-state index contributed by atoms with van der Waals surface area (Å²) in [7, 11) is 0. The number of hydrogen-bond donors (Lipinski definition) is 2. The average Bonchev–Trinajstić information content (AvgIpc) is 2.61. The number of anilines is 1. The van der Waals surface area contributed by atoms with Gasteiger partial charge in [-0.05, 0) is 38.3 Å². The van der Waals surface area contributed by atoms with Gasteiger partial charge in [0, 0.05) is 19.0 Å². The van der Waals surface area contributed by atoms with Crippen molar-refractivity contribution in [3.63, 3.8) is 0 Å². The van der Waals surface area contributed by atoms with Gasteiger partial charge in [-0.3, -0.25) is 9.59 Å². The molecule has 1 heterocycles. The van der Waals surface area contributed by atoms with Crippen LogP contribution in [0.1, 0.15) is 49.0 Å². The number of nitrogens with one attached hydrogen (secondary N) is 1. The van der Waals surface area contributed by atoms with Crippen LogP contribution in [-0.2, 0) is 9.59 Å². The monoisotopic (exact) mass is 346 g/mol. The summed E-state index contributed by atoms with van der Waals surface area (Å²) in [6, 6.07) is 4.92. The lowest BCUT2D eigenvalue weighted by atomic mass is 9.95. The number of carbonyl (C=O) groups is 3. The minimum atomic E-state index is -1.07. The van der Waals surface area contributed by atoms with Gasteiger partial charge in [-0.25, -0.2) is 4.79 Å². The Morgan fingerprint density at radius 2 is 2.08 bits per heavy atom. The third-order valence-corrected chi connectivity index (χ3v) is 4.80. The van der Waals surface area contributed by atoms with Crippen LogP contribution in [0.25, 0.3) is 0 Å². The van der Waals surface area contributed by atoms with Crippen LogP contribution >= 0.6 is 0 Å². The Bertz CT molecular complexity index is 671. The molecule has 0 radical (unpaired) electrons. The zero-order valence-electron chi connectivity index (χ0n) is 15.0. The maximum Gasteiger partial charge on any atom is 0.337 e. The van der Waals surface area contributed by atoms with Crippen molar-refractivity contribution in [1.29, 1.82) is 0 Å². The summed E-state index contributed by atoms with van der Waals surface area (Å²) in [5, 5.41) is 12.0. The van der Waals surface area contributed by atoms with E-state index in [1.54, 1.807) is 24.0 Å². The fraction of sp³-hybridized carbons (Fsp3) is 0.526. The molecule has 2 atom stereocenters. The van der Waals surface area contributed by atoms with Crippen molar-refractivity contribution in [1.82, 2.24) is 4.90 Å². The number of amides is 2. The smallest absolute Gasteiger partial charge is 0.337 e. The number of benzene rings is 1. The van der Waals surface area contributed by atoms with Crippen molar-refractivity contribution >= 4 is 23.5 Å². The van der Waals surface area contributed by atoms with Crippen LogP contribution in [0, 0.1) is 18.8 Å². The van der Waals surface area contributed by atoms with Crippen molar-refractivity contribution in [2.45, 2.75) is 40.0 Å². The molecule has 0 saturated carbocycles. The second-order valence-electron chi connectivity index (χ2n) is 6.78. The molecule has 0 aromatic heterocycles. The first kappa shape index (κ1) is 19.0. The molecule has 2 amide bonds. The SMILES string of the molecule is CCC(C)C(=O)N1CCCC(C(=O)Nc2ccc(C)cc2C(=O)O)C1. The van der Waals surface area contributed by atoms with E-state index in [1.807, 2.05) is 13.8 Å². The zero-order valence-corrected chi connectivity index (χ0v) is 15.0. The molecular weight excluding hydrogens is 320 g/mol. The minimum absolute atomic E-state index is 0.0440. The van der Waals surface area contributed by atoms with E-state index in [0.29, 0.717) is 25.2 Å². The topological polar surface area (TPSA) is 86.7 Å². The predicted octanol–water partition coefficient (Wildman–Crippen LogP) is 2.92. The summed E-state index contributed by atoms with van der Waals surface area (Å²) in [5.74, 6) is -1.58. The molecule has 1 aromatic carbocycles. The zero-order chi connectivity index (χ0) is 18.6. The van der Waals surface area contributed by atoms with Crippen molar-refractivity contribution < 1.29 is 19.5 Å². The van der Waals surface area contributed by atoms with E-state index in [0.717, 1.165) is 18.4 Å². The van der Waals surface area contributed by atoms with E-state index < -0.39 is 5.97 Å². The molecule has 1 aromatic rings. The number of piperidine rings is 1. The molecule has 1 fully saturated rings. The Hall–Kier alpha value is -2.37. The van der Waals surface area contributed by atoms with Crippen LogP contribution in [0.3, 0.4) is 0 Å². The Balaban J connectivity index is 2.08. The predicted molar refractivity (Wildman–Crippen MR) is 95.5 cm³/mol. The summed E-state index contributed by atoms with van der Waals surface area (Å²) in [6.07, 6.45) is 2.25. The molecule has 1 aliphatic heterocycles. The van der Waals surface area contributed by atoms with Gasteiger partial charge in [-0.2, -0.15) is 0 Å². The third kappa shape index (κ3) is 4.59. The second-order valence-corrected chi connectivity index (χ2v) is 6.78. The first-order valence-corrected chi connectivity index (χ1v) is 8.77. The lowest BCUT2D eigenvalue weighted by molar-refractivity contribution is -0.138. The third-order valence-electron chi connectivity index (χ3n) is 4.80. The maximum atomic E-state index is 12.6. The Morgan fingerprint density at radius 1 is 1.36 bits per heavy atom. The van der Waals surface area contributed by atoms with Crippen molar-refractivity contribution in [2.75, 3.05) is 18.4 Å². The van der Waals surface area contributed by atoms with Crippen LogP contribution < -0.4 is 5.32 Å². The maximum absolute atomic E-state index is 12.6. The molecule has 1 saturated heterocycles. The summed E-state index contributed by atoms with van der Waals surface area (Å²) >= 11 is 0. The van der Waals surface area contributed by atoms with E-state index >= 15 is 0 Å². The van der Waals surface area contributed by atoms with Gasteiger partial charge in [0.1, 0.15) is 0 Å². The van der Waals surface area contributed by atoms with E-state index in [1.165, 1.54) is 6.07 Å². The summed E-state index contributed by atoms with van der Waals surface area (Å²) < 4.78 is 0. The van der Waals surface area contributed by atoms with Gasteiger partial charge in [0.2, 0.25) is 11.8 Å². The van der Waals surface area contributed by atoms with Gasteiger partial charge in [0.15, 0.2) is 0 Å². The molecule has 2 unspecified atom stereocenters. The van der Waals surface area contributed by atoms with Gasteiger partial charge >= 0.3 is 5.97 Å². The molecule has 0 spiro atoms. The fourth-order valence-corrected chi connectivity index (χ4v) is 3.06. The second kappa shape index (κ2) is 8.14. The molecule has 25 heavy (non-hydrogen) atoms. The number of carbonyl (C=O) groups excluding carboxylic acids is 2. The normalized spacial score (nSPS) is 18.5. The molecule has 6 nitrogen and oxygen atoms in total. The van der Waals surface area contributed by atoms with E-state index in [-0.39, 0.29) is 29.2 Å². The number of hydrogen-bond acceptors (Lipinski definition) is 3. The van der Waals surface area contributed by atoms with Gasteiger partial charge < -0.3 is 15.3 Å². The van der Waals surface area contributed by atoms with Gasteiger partial charge in [0.05, 0.1) is 17.2 Å². The van der Waals surface area contributed by atoms with Gasteiger partial charge in [0.25, 0.3) is 0 Å². The summed E-state index contributed by atoms with van der Waals surface area (Å²) in [5.41, 5.74) is 1.20. The van der Waals surface area contributed by atoms with Crippen LogP contribution in [0.5, 0.6) is 0 Å². The average molecular weight is 346 g/mol. The highest BCUT2D eigenvalue weighted by Crippen LogP contribution is 2.23. The van der Waals surface area contributed by atoms with E-state index in [4.69, 9.17) is 0 Å². The van der Waals surface area contributed by atoms with Crippen LogP contribution in [0.2, 0.25) is 0 Å². The molecule has 0 bridgehead atoms. The first-order chi connectivity index (χ1) is 11.8. The van der Waals surface area contributed by atoms with Crippen LogP contribution in [0.4, 0.5) is 5.69 Å². The van der Waals surface area contributed by atoms with Gasteiger partial charge in [-0.15, -0.1) is 0 Å². The number of likely N-dealkylation sites (tertiary alicyclic amines) is 1. The molecule has 1 aliphatic rings. The highest BCUT2D eigenvalue weighted by molar-refractivity contribution is 6.01. The molecular formula is C19H26N2O4. The van der Waals surface area contributed by atoms with Crippen molar-refractivity contribution in [2.24, 2.45) is 11.8 Å². The molecule has 136 valence electrons. The van der Waals surface area contributed by atoms with E-state index in [9.17, 15) is 19.5 Å². The largest absolute Gasteiger partial charge is 0.478 e. The standard InChI is InChI=1S/C19H26N2O4/c1-4-13(3)18(23)21-9-5-6-14(11-21)17(22)20-16-8-7-12(2)10-15(16)19(24)25/h7-8,10,13-14H,4-6,9,11H2,1-3H3,(H,20,22)(H,24,25). The van der Waals surface area contributed by atoms with E-state index in [2.05, 4.69) is 5.32 Å². The number of rotatable bonds is 5. The summed E-state index contributed by atoms with van der Waals surface area (Å²) in [6.45, 7) is 6.75. The molecule has 2 rings (SSSR count). The minimum Gasteiger partial charge on any atom is -0.478 e. The lowest BCUT2D eigenvalue weighted by Crippen LogP contribution is -2.45. The fourth-order valence-electron chi connectivity index (χ4n) is 3.06. The number of aryl methyl sites for hydroxylation is 1. The Labute approximate surface area is 148 Å². The van der Waals surface area contributed by atoms with Crippen molar-refractivity contribution in [3.8, 4) is 0 Å². The molecule has 0 aliphatic carbocycles. The Kier molecular flexibility index (Phi) is 6.17. The number of nitrogens with zero attached hydrogens (tertiary/aromatic N) is 1. The van der Waals surface area contributed by atoms with Gasteiger partial charge in [-0.1, -0.05) is 25.5 Å². The number of carboxylic acid groups (broad SMARTS) is 1. The number of carboxylic acids is 1. The van der Waals surface area contributed by atoms with Crippen LogP contribution in [0.15, 0.2) is 18.2 Å². The summed E-state index contributed by atoms with van der Waals surface area (Å²) in [4.78, 5) is 38.1. The highest BCUT2D eigenvalue weighted by Gasteiger charge is 2.30. The first-order valence-electron chi connectivity index (χ1n) is 8.77. The molecule has 6 heteroatoms. The number of aromatic carboxylic acids is 1. The lowest BCUT2D eigenvalue weighted by Gasteiger charge is -2.33. The molecule has 2 N–H and O–H groups in total. The Morgan fingerprint density at radius 3 is 2.72 bits per heavy atom.